The minimum atomic E-state index is 0.103. The van der Waals surface area contributed by atoms with Crippen LogP contribution in [-0.4, -0.2) is 10.1 Å². The molecular formula is C19H14Cl2N2S. The molecule has 0 spiro atoms. The van der Waals surface area contributed by atoms with Gasteiger partial charge in [-0.25, -0.2) is 4.99 Å². The second kappa shape index (κ2) is 6.32. The van der Waals surface area contributed by atoms with Crippen LogP contribution in [0, 0.1) is 0 Å². The normalized spacial score (nSPS) is 19.5. The van der Waals surface area contributed by atoms with Gasteiger partial charge in [0.15, 0.2) is 5.17 Å². The van der Waals surface area contributed by atoms with Gasteiger partial charge in [0.05, 0.1) is 11.7 Å². The highest BCUT2D eigenvalue weighted by molar-refractivity contribution is 8.16. The Balaban J connectivity index is 1.79. The number of thioether (sulfide) groups is 1. The molecule has 0 fully saturated rings. The fourth-order valence-electron chi connectivity index (χ4n) is 2.87. The molecule has 1 atom stereocenters. The van der Waals surface area contributed by atoms with Crippen molar-refractivity contribution in [1.82, 2.24) is 4.90 Å². The number of amidine groups is 1. The highest BCUT2D eigenvalue weighted by Gasteiger charge is 2.31. The zero-order valence-electron chi connectivity index (χ0n) is 12.9. The van der Waals surface area contributed by atoms with Crippen molar-refractivity contribution in [2.45, 2.75) is 13.0 Å². The van der Waals surface area contributed by atoms with Crippen LogP contribution in [-0.2, 0) is 0 Å². The zero-order chi connectivity index (χ0) is 16.7. The van der Waals surface area contributed by atoms with E-state index in [2.05, 4.69) is 35.4 Å². The van der Waals surface area contributed by atoms with Crippen LogP contribution >= 0.6 is 35.0 Å². The molecule has 0 saturated carbocycles. The van der Waals surface area contributed by atoms with E-state index >= 15 is 0 Å². The molecule has 2 aromatic rings. The van der Waals surface area contributed by atoms with Gasteiger partial charge in [-0.05, 0) is 48.2 Å². The summed E-state index contributed by atoms with van der Waals surface area (Å²) in [7, 11) is 0. The minimum Gasteiger partial charge on any atom is -0.313 e. The molecule has 120 valence electrons. The second-order valence-electron chi connectivity index (χ2n) is 5.70. The summed E-state index contributed by atoms with van der Waals surface area (Å²) in [6.07, 6.45) is 2.19. The molecule has 4 rings (SSSR count). The van der Waals surface area contributed by atoms with Crippen LogP contribution in [0.2, 0.25) is 10.0 Å². The topological polar surface area (TPSA) is 15.6 Å². The van der Waals surface area contributed by atoms with Crippen LogP contribution in [0.4, 0.5) is 0 Å². The SMILES string of the molecule is CC1=CSC2=NC(c3ccc(Cl)cc3)=CC(c3ccc(Cl)cc3)N12. The highest BCUT2D eigenvalue weighted by Crippen LogP contribution is 2.41. The van der Waals surface area contributed by atoms with Crippen LogP contribution in [0.3, 0.4) is 0 Å². The lowest BCUT2D eigenvalue weighted by Gasteiger charge is -2.32. The fourth-order valence-corrected chi connectivity index (χ4v) is 4.04. The second-order valence-corrected chi connectivity index (χ2v) is 7.41. The van der Waals surface area contributed by atoms with Gasteiger partial charge in [-0.1, -0.05) is 59.2 Å². The number of hydrogen-bond donors (Lipinski definition) is 0. The van der Waals surface area contributed by atoms with Crippen LogP contribution in [0.15, 0.2) is 70.7 Å². The molecule has 2 aliphatic heterocycles. The maximum absolute atomic E-state index is 6.05. The standard InChI is InChI=1S/C19H14Cl2N2S/c1-12-11-24-19-22-17(13-2-6-15(20)7-3-13)10-18(23(12)19)14-4-8-16(21)9-5-14/h2-11,18H,1H3. The first-order valence-corrected chi connectivity index (χ1v) is 9.20. The van der Waals surface area contributed by atoms with Crippen LogP contribution in [0.5, 0.6) is 0 Å². The molecular weight excluding hydrogens is 359 g/mol. The van der Waals surface area contributed by atoms with Gasteiger partial charge < -0.3 is 4.90 Å². The summed E-state index contributed by atoms with van der Waals surface area (Å²) in [5.41, 5.74) is 4.42. The van der Waals surface area contributed by atoms with Gasteiger partial charge in [-0.3, -0.25) is 0 Å². The summed E-state index contributed by atoms with van der Waals surface area (Å²) in [5.74, 6) is 0. The predicted octanol–water partition coefficient (Wildman–Crippen LogP) is 6.36. The van der Waals surface area contributed by atoms with E-state index in [1.54, 1.807) is 11.8 Å². The van der Waals surface area contributed by atoms with E-state index in [-0.39, 0.29) is 6.04 Å². The van der Waals surface area contributed by atoms with Crippen molar-refractivity contribution in [3.63, 3.8) is 0 Å². The number of hydrogen-bond acceptors (Lipinski definition) is 3. The third-order valence-electron chi connectivity index (χ3n) is 4.08. The van der Waals surface area contributed by atoms with E-state index in [0.29, 0.717) is 0 Å². The summed E-state index contributed by atoms with van der Waals surface area (Å²) >= 11 is 13.7. The molecule has 0 amide bonds. The maximum Gasteiger partial charge on any atom is 0.173 e. The fraction of sp³-hybridized carbons (Fsp3) is 0.105. The van der Waals surface area contributed by atoms with Gasteiger partial charge in [-0.2, -0.15) is 0 Å². The van der Waals surface area contributed by atoms with E-state index < -0.39 is 0 Å². The number of benzene rings is 2. The van der Waals surface area contributed by atoms with Crippen molar-refractivity contribution >= 4 is 45.8 Å². The number of rotatable bonds is 2. The summed E-state index contributed by atoms with van der Waals surface area (Å²) in [5, 5.41) is 4.61. The minimum absolute atomic E-state index is 0.103. The first-order valence-electron chi connectivity index (χ1n) is 7.56. The number of aliphatic imine (C=N–C) groups is 1. The Hall–Kier alpha value is -1.68. The monoisotopic (exact) mass is 372 g/mol. The van der Waals surface area contributed by atoms with Gasteiger partial charge in [-0.15, -0.1) is 0 Å². The number of fused-ring (bicyclic) bond motifs is 1. The quantitative estimate of drug-likeness (QED) is 0.609. The Bertz CT molecular complexity index is 867. The van der Waals surface area contributed by atoms with Crippen LogP contribution in [0.25, 0.3) is 5.70 Å². The predicted molar refractivity (Wildman–Crippen MR) is 104 cm³/mol. The molecule has 5 heteroatoms. The van der Waals surface area contributed by atoms with E-state index in [1.807, 2.05) is 36.4 Å². The lowest BCUT2D eigenvalue weighted by atomic mass is 10.0. The van der Waals surface area contributed by atoms with E-state index in [9.17, 15) is 0 Å². The molecule has 1 unspecified atom stereocenters. The summed E-state index contributed by atoms with van der Waals surface area (Å²) in [6.45, 7) is 2.11. The first kappa shape index (κ1) is 15.8. The van der Waals surface area contributed by atoms with Crippen LogP contribution in [0.1, 0.15) is 24.1 Å². The lowest BCUT2D eigenvalue weighted by molar-refractivity contribution is 0.456. The molecule has 0 N–H and O–H groups in total. The molecule has 2 aliphatic rings. The van der Waals surface area contributed by atoms with E-state index in [0.717, 1.165) is 26.5 Å². The lowest BCUT2D eigenvalue weighted by Crippen LogP contribution is -2.30. The molecule has 0 aromatic heterocycles. The van der Waals surface area contributed by atoms with Crippen molar-refractivity contribution in [2.75, 3.05) is 0 Å². The zero-order valence-corrected chi connectivity index (χ0v) is 15.2. The van der Waals surface area contributed by atoms with Gasteiger partial charge >= 0.3 is 0 Å². The smallest absolute Gasteiger partial charge is 0.173 e. The van der Waals surface area contributed by atoms with Gasteiger partial charge in [0, 0.05) is 21.3 Å². The molecule has 0 radical (unpaired) electrons. The Morgan fingerprint density at radius 3 is 2.25 bits per heavy atom. The molecule has 0 bridgehead atoms. The van der Waals surface area contributed by atoms with Crippen LogP contribution < -0.4 is 0 Å². The average molecular weight is 373 g/mol. The maximum atomic E-state index is 6.05. The third kappa shape index (κ3) is 2.88. The molecule has 24 heavy (non-hydrogen) atoms. The largest absolute Gasteiger partial charge is 0.313 e. The molecule has 0 aliphatic carbocycles. The third-order valence-corrected chi connectivity index (χ3v) is 5.54. The molecule has 2 nitrogen and oxygen atoms in total. The van der Waals surface area contributed by atoms with Crippen molar-refractivity contribution in [2.24, 2.45) is 4.99 Å². The van der Waals surface area contributed by atoms with Crippen molar-refractivity contribution in [3.05, 3.63) is 86.9 Å². The summed E-state index contributed by atoms with van der Waals surface area (Å²) in [4.78, 5) is 7.09. The number of nitrogens with zero attached hydrogens (tertiary/aromatic N) is 2. The van der Waals surface area contributed by atoms with Crippen molar-refractivity contribution < 1.29 is 0 Å². The molecule has 0 saturated heterocycles. The Labute approximate surface area is 155 Å². The van der Waals surface area contributed by atoms with Crippen molar-refractivity contribution in [3.8, 4) is 0 Å². The number of allylic oxidation sites excluding steroid dienone is 1. The van der Waals surface area contributed by atoms with Gasteiger partial charge in [0.2, 0.25) is 0 Å². The molecule has 2 aromatic carbocycles. The first-order chi connectivity index (χ1) is 11.6. The van der Waals surface area contributed by atoms with Crippen molar-refractivity contribution in [1.29, 1.82) is 0 Å². The average Bonchev–Trinajstić information content (AvgIpc) is 2.97. The van der Waals surface area contributed by atoms with E-state index in [4.69, 9.17) is 28.2 Å². The highest BCUT2D eigenvalue weighted by atomic mass is 35.5. The Morgan fingerprint density at radius 2 is 1.58 bits per heavy atom. The summed E-state index contributed by atoms with van der Waals surface area (Å²) < 4.78 is 0. The van der Waals surface area contributed by atoms with Gasteiger partial charge in [0.1, 0.15) is 0 Å². The molecule has 2 heterocycles. The summed E-state index contributed by atoms with van der Waals surface area (Å²) in [6, 6.07) is 15.9. The van der Waals surface area contributed by atoms with E-state index in [1.165, 1.54) is 11.3 Å². The Kier molecular flexibility index (Phi) is 4.17. The number of halogens is 2. The van der Waals surface area contributed by atoms with Gasteiger partial charge in [0.25, 0.3) is 0 Å². The Morgan fingerprint density at radius 1 is 0.958 bits per heavy atom.